The summed E-state index contributed by atoms with van der Waals surface area (Å²) in [6.45, 7) is 8.30. The molecule has 0 amide bonds. The van der Waals surface area contributed by atoms with Crippen LogP contribution in [0.1, 0.15) is 60.3 Å². The van der Waals surface area contributed by atoms with Crippen LogP contribution in [0.3, 0.4) is 0 Å². The predicted octanol–water partition coefficient (Wildman–Crippen LogP) is 14.9. The maximum absolute atomic E-state index is 2.50. The molecule has 288 valence electrons. The number of rotatable bonds is 6. The van der Waals surface area contributed by atoms with Gasteiger partial charge >= 0.3 is 0 Å². The molecule has 0 bridgehead atoms. The van der Waals surface area contributed by atoms with E-state index < -0.39 is 0 Å². The predicted molar refractivity (Wildman–Crippen MR) is 251 cm³/mol. The third kappa shape index (κ3) is 6.29. The molecule has 3 heteroatoms. The number of benzene rings is 6. The summed E-state index contributed by atoms with van der Waals surface area (Å²) in [6.07, 6.45) is 13.6. The van der Waals surface area contributed by atoms with Crippen molar-refractivity contribution in [3.05, 3.63) is 197 Å². The maximum Gasteiger partial charge on any atom is 0.0537 e. The van der Waals surface area contributed by atoms with E-state index in [4.69, 9.17) is 0 Å². The normalized spacial score (nSPS) is 13.0. The molecule has 6 aromatic carbocycles. The highest BCUT2D eigenvalue weighted by atomic mass is 15.0. The number of allylic oxidation sites excluding steroid dienone is 2. The second-order valence-electron chi connectivity index (χ2n) is 15.8. The fourth-order valence-electron chi connectivity index (χ4n) is 9.39. The zero-order valence-electron chi connectivity index (χ0n) is 34.4. The second-order valence-corrected chi connectivity index (χ2v) is 15.8. The molecule has 0 radical (unpaired) electrons. The lowest BCUT2D eigenvalue weighted by molar-refractivity contribution is 0.959. The summed E-state index contributed by atoms with van der Waals surface area (Å²) in [5.74, 6) is 0. The molecule has 2 aliphatic rings. The highest BCUT2D eigenvalue weighted by Gasteiger charge is 2.23. The Kier molecular flexibility index (Phi) is 9.38. The number of aryl methyl sites for hydroxylation is 4. The fraction of sp³-hybridized carbons (Fsp3) is 0.143. The third-order valence-corrected chi connectivity index (χ3v) is 12.1. The SMILES string of the molecule is CC.Cc1ccc(-c2ccc(-c3ccc(C)cc3)n2-c2cccc(-c3cc(-n4c5c(c6ccccc64)CCC=C5)cc(-n4c5c(c6ccccc64)CCC=C5)c3)c2)cc1. The van der Waals surface area contributed by atoms with Crippen LogP contribution in [0.25, 0.3) is 84.7 Å². The van der Waals surface area contributed by atoms with Crippen LogP contribution >= 0.6 is 0 Å². The van der Waals surface area contributed by atoms with E-state index in [2.05, 4.69) is 204 Å². The van der Waals surface area contributed by atoms with Gasteiger partial charge in [0.2, 0.25) is 0 Å². The molecule has 9 aromatic rings. The van der Waals surface area contributed by atoms with E-state index in [0.717, 1.165) is 31.4 Å². The van der Waals surface area contributed by atoms with Gasteiger partial charge in [-0.25, -0.2) is 0 Å². The van der Waals surface area contributed by atoms with Gasteiger partial charge in [-0.3, -0.25) is 0 Å². The van der Waals surface area contributed by atoms with Crippen molar-refractivity contribution in [2.24, 2.45) is 0 Å². The van der Waals surface area contributed by atoms with Crippen LogP contribution in [0.4, 0.5) is 0 Å². The van der Waals surface area contributed by atoms with Crippen molar-refractivity contribution in [2.75, 3.05) is 0 Å². The second kappa shape index (κ2) is 15.2. The van der Waals surface area contributed by atoms with Gasteiger partial charge in [0.05, 0.1) is 22.4 Å². The molecular formula is C56H49N3. The molecule has 59 heavy (non-hydrogen) atoms. The molecule has 11 rings (SSSR count). The minimum absolute atomic E-state index is 1.05. The number of hydrogen-bond acceptors (Lipinski definition) is 0. The Morgan fingerprint density at radius 2 is 0.864 bits per heavy atom. The highest BCUT2D eigenvalue weighted by Crippen LogP contribution is 2.40. The largest absolute Gasteiger partial charge is 0.309 e. The van der Waals surface area contributed by atoms with Gasteiger partial charge in [-0.05, 0) is 140 Å². The van der Waals surface area contributed by atoms with Crippen molar-refractivity contribution < 1.29 is 0 Å². The summed E-state index contributed by atoms with van der Waals surface area (Å²) in [5, 5.41) is 2.69. The molecule has 3 nitrogen and oxygen atoms in total. The Labute approximate surface area is 347 Å². The van der Waals surface area contributed by atoms with Gasteiger partial charge in [-0.15, -0.1) is 0 Å². The van der Waals surface area contributed by atoms with Crippen LogP contribution in [0, 0.1) is 13.8 Å². The topological polar surface area (TPSA) is 14.8 Å². The minimum Gasteiger partial charge on any atom is -0.309 e. The first-order chi connectivity index (χ1) is 29.1. The zero-order chi connectivity index (χ0) is 40.0. The summed E-state index contributed by atoms with van der Waals surface area (Å²) in [7, 11) is 0. The quantitative estimate of drug-likeness (QED) is 0.160. The van der Waals surface area contributed by atoms with Crippen LogP contribution in [-0.2, 0) is 12.8 Å². The molecule has 0 unspecified atom stereocenters. The van der Waals surface area contributed by atoms with Gasteiger partial charge in [-0.2, -0.15) is 0 Å². The van der Waals surface area contributed by atoms with Crippen molar-refractivity contribution in [3.63, 3.8) is 0 Å². The third-order valence-electron chi connectivity index (χ3n) is 12.1. The molecule has 0 spiro atoms. The summed E-state index contributed by atoms with van der Waals surface area (Å²) in [6, 6.07) is 56.6. The zero-order valence-corrected chi connectivity index (χ0v) is 34.4. The smallest absolute Gasteiger partial charge is 0.0537 e. The Balaban J connectivity index is 0.00000207. The Morgan fingerprint density at radius 1 is 0.390 bits per heavy atom. The lowest BCUT2D eigenvalue weighted by Crippen LogP contribution is -2.05. The average molecular weight is 764 g/mol. The summed E-state index contributed by atoms with van der Waals surface area (Å²) < 4.78 is 7.44. The van der Waals surface area contributed by atoms with Gasteiger partial charge < -0.3 is 13.7 Å². The number of hydrogen-bond donors (Lipinski definition) is 0. The summed E-state index contributed by atoms with van der Waals surface area (Å²) >= 11 is 0. The lowest BCUT2D eigenvalue weighted by atomic mass is 10.0. The number of aromatic nitrogens is 3. The van der Waals surface area contributed by atoms with Gasteiger partial charge in [-0.1, -0.05) is 134 Å². The molecule has 2 aliphatic carbocycles. The van der Waals surface area contributed by atoms with Crippen LogP contribution < -0.4 is 0 Å². The first-order valence-electron chi connectivity index (χ1n) is 21.3. The number of fused-ring (bicyclic) bond motifs is 6. The van der Waals surface area contributed by atoms with Gasteiger partial charge in [0, 0.05) is 39.2 Å². The first-order valence-corrected chi connectivity index (χ1v) is 21.3. The van der Waals surface area contributed by atoms with Crippen molar-refractivity contribution >= 4 is 34.0 Å². The molecular weight excluding hydrogens is 715 g/mol. The van der Waals surface area contributed by atoms with Gasteiger partial charge in [0.1, 0.15) is 0 Å². The summed E-state index contributed by atoms with van der Waals surface area (Å²) in [5.41, 5.74) is 21.0. The molecule has 3 heterocycles. The van der Waals surface area contributed by atoms with E-state index in [1.54, 1.807) is 0 Å². The Bertz CT molecular complexity index is 2890. The average Bonchev–Trinajstić information content (AvgIpc) is 3.99. The molecule has 0 atom stereocenters. The van der Waals surface area contributed by atoms with Crippen LogP contribution in [0.15, 0.2) is 164 Å². The van der Waals surface area contributed by atoms with Crippen molar-refractivity contribution in [2.45, 2.75) is 53.4 Å². The van der Waals surface area contributed by atoms with Gasteiger partial charge in [0.15, 0.2) is 0 Å². The van der Waals surface area contributed by atoms with E-state index >= 15 is 0 Å². The summed E-state index contributed by atoms with van der Waals surface area (Å²) in [4.78, 5) is 0. The standard InChI is InChI=1S/C54H43N3.C2H6/c1-36-22-26-38(27-23-36)49-30-31-50(39-28-24-37(2)25-29-39)55(49)42-13-11-12-40(32-42)41-33-43(56-51-18-7-3-14-45(51)46-15-4-8-19-52(46)56)35-44(34-41)57-53-20-9-5-16-47(53)48-17-6-10-21-54(48)57;1-2/h3,5,7-14,16,18-35H,4,6,15,17H2,1-2H3;1-2H3. The van der Waals surface area contributed by atoms with Gasteiger partial charge in [0.25, 0.3) is 0 Å². The van der Waals surface area contributed by atoms with E-state index in [1.807, 2.05) is 13.8 Å². The maximum atomic E-state index is 2.50. The molecule has 0 saturated heterocycles. The molecule has 3 aromatic heterocycles. The Hall–Kier alpha value is -6.84. The van der Waals surface area contributed by atoms with Crippen molar-refractivity contribution in [3.8, 4) is 50.7 Å². The monoisotopic (exact) mass is 763 g/mol. The van der Waals surface area contributed by atoms with E-state index in [-0.39, 0.29) is 0 Å². The van der Waals surface area contributed by atoms with E-state index in [1.165, 1.54) is 100 Å². The highest BCUT2D eigenvalue weighted by molar-refractivity contribution is 5.93. The molecule has 0 saturated carbocycles. The lowest BCUT2D eigenvalue weighted by Gasteiger charge is -2.19. The molecule has 0 aliphatic heterocycles. The van der Waals surface area contributed by atoms with E-state index in [9.17, 15) is 0 Å². The minimum atomic E-state index is 1.05. The van der Waals surface area contributed by atoms with E-state index in [0.29, 0.717) is 0 Å². The van der Waals surface area contributed by atoms with Crippen LogP contribution in [0.5, 0.6) is 0 Å². The van der Waals surface area contributed by atoms with Crippen molar-refractivity contribution in [1.29, 1.82) is 0 Å². The van der Waals surface area contributed by atoms with Crippen molar-refractivity contribution in [1.82, 2.24) is 13.7 Å². The number of para-hydroxylation sites is 2. The number of nitrogens with zero attached hydrogens (tertiary/aromatic N) is 3. The Morgan fingerprint density at radius 3 is 1.37 bits per heavy atom. The van der Waals surface area contributed by atoms with Crippen LogP contribution in [0.2, 0.25) is 0 Å². The molecule has 0 fully saturated rings. The molecule has 0 N–H and O–H groups in total. The van der Waals surface area contributed by atoms with Crippen LogP contribution in [-0.4, -0.2) is 13.7 Å². The fourth-order valence-corrected chi connectivity index (χ4v) is 9.39. The first kappa shape index (κ1) is 36.5.